The van der Waals surface area contributed by atoms with E-state index >= 15 is 0 Å². The number of nitrogens with two attached hydrogens (primary N) is 1. The van der Waals surface area contributed by atoms with Crippen LogP contribution in [0.15, 0.2) is 36.4 Å². The molecule has 1 atom stereocenters. The van der Waals surface area contributed by atoms with Crippen LogP contribution in [-0.2, 0) is 4.79 Å². The monoisotopic (exact) mass is 490 g/mol. The van der Waals surface area contributed by atoms with Gasteiger partial charge in [0, 0.05) is 17.1 Å². The largest absolute Gasteiger partial charge is 0.351 e. The van der Waals surface area contributed by atoms with E-state index in [1.54, 1.807) is 24.3 Å². The molecule has 0 saturated heterocycles. The van der Waals surface area contributed by atoms with Crippen molar-refractivity contribution in [3.8, 4) is 0 Å². The van der Waals surface area contributed by atoms with Crippen LogP contribution < -0.4 is 21.3 Å². The molecule has 0 saturated carbocycles. The van der Waals surface area contributed by atoms with Gasteiger partial charge in [-0.15, -0.1) is 0 Å². The molecule has 0 spiro atoms. The molecule has 2 aromatic rings. The van der Waals surface area contributed by atoms with Crippen molar-refractivity contribution in [3.63, 3.8) is 0 Å². The van der Waals surface area contributed by atoms with Gasteiger partial charge in [-0.1, -0.05) is 50.9 Å². The van der Waals surface area contributed by atoms with Gasteiger partial charge in [-0.25, -0.2) is 0 Å². The first-order chi connectivity index (χ1) is 15.4. The molecule has 0 fully saturated rings. The summed E-state index contributed by atoms with van der Waals surface area (Å²) in [6, 6.07) is 8.71. The van der Waals surface area contributed by atoms with Crippen LogP contribution in [-0.4, -0.2) is 36.9 Å². The van der Waals surface area contributed by atoms with Gasteiger partial charge in [0.25, 0.3) is 11.8 Å². The topological polar surface area (TPSA) is 105 Å². The maximum absolute atomic E-state index is 13.5. The van der Waals surface area contributed by atoms with Crippen LogP contribution >= 0.6 is 23.2 Å². The molecule has 3 rings (SSSR count). The zero-order chi connectivity index (χ0) is 24.5. The smallest absolute Gasteiger partial charge is 0.260 e. The molecule has 0 aromatic heterocycles. The number of benzene rings is 2. The highest BCUT2D eigenvalue weighted by molar-refractivity contribution is 6.37. The lowest BCUT2D eigenvalue weighted by Crippen LogP contribution is -2.53. The molecule has 33 heavy (non-hydrogen) atoms. The van der Waals surface area contributed by atoms with Gasteiger partial charge in [-0.3, -0.25) is 19.3 Å². The number of carbonyl (C=O) groups excluding carboxylic acids is 3. The van der Waals surface area contributed by atoms with E-state index in [4.69, 9.17) is 28.9 Å². The van der Waals surface area contributed by atoms with E-state index in [-0.39, 0.29) is 33.7 Å². The molecule has 1 aliphatic heterocycles. The summed E-state index contributed by atoms with van der Waals surface area (Å²) >= 11 is 12.3. The van der Waals surface area contributed by atoms with Gasteiger partial charge in [0.15, 0.2) is 0 Å². The molecular weight excluding hydrogens is 463 g/mol. The van der Waals surface area contributed by atoms with Gasteiger partial charge < -0.3 is 16.4 Å². The number of fused-ring (bicyclic) bond motifs is 1. The highest BCUT2D eigenvalue weighted by Crippen LogP contribution is 2.37. The van der Waals surface area contributed by atoms with Crippen molar-refractivity contribution >= 4 is 52.3 Å². The van der Waals surface area contributed by atoms with Gasteiger partial charge in [-0.05, 0) is 54.3 Å². The van der Waals surface area contributed by atoms with Crippen molar-refractivity contribution in [1.29, 1.82) is 0 Å². The summed E-state index contributed by atoms with van der Waals surface area (Å²) in [5.74, 6) is -1.22. The maximum atomic E-state index is 13.5. The second kappa shape index (κ2) is 9.71. The number of nitrogens with zero attached hydrogens (tertiary/aromatic N) is 1. The van der Waals surface area contributed by atoms with Crippen LogP contribution in [0.4, 0.5) is 11.4 Å². The molecule has 1 unspecified atom stereocenters. The van der Waals surface area contributed by atoms with Crippen LogP contribution in [0.25, 0.3) is 0 Å². The minimum Gasteiger partial charge on any atom is -0.351 e. The Labute approximate surface area is 203 Å². The van der Waals surface area contributed by atoms with Crippen molar-refractivity contribution in [1.82, 2.24) is 5.32 Å². The highest BCUT2D eigenvalue weighted by atomic mass is 35.5. The minimum absolute atomic E-state index is 0.172. The third kappa shape index (κ3) is 5.32. The first-order valence-corrected chi connectivity index (χ1v) is 11.4. The Bertz CT molecular complexity index is 1100. The van der Waals surface area contributed by atoms with Crippen molar-refractivity contribution in [2.75, 3.05) is 23.3 Å². The molecule has 0 radical (unpaired) electrons. The Kier molecular flexibility index (Phi) is 7.36. The third-order valence-corrected chi connectivity index (χ3v) is 6.16. The highest BCUT2D eigenvalue weighted by Gasteiger charge is 2.40. The molecular formula is C24H28Cl2N4O3. The van der Waals surface area contributed by atoms with E-state index in [0.717, 1.165) is 0 Å². The maximum Gasteiger partial charge on any atom is 0.260 e. The Morgan fingerprint density at radius 2 is 1.88 bits per heavy atom. The molecule has 0 aliphatic carbocycles. The van der Waals surface area contributed by atoms with Gasteiger partial charge in [-0.2, -0.15) is 0 Å². The number of amides is 3. The minimum atomic E-state index is -0.748. The number of carbonyl (C=O) groups is 3. The fourth-order valence-electron chi connectivity index (χ4n) is 3.58. The van der Waals surface area contributed by atoms with Gasteiger partial charge in [0.1, 0.15) is 6.04 Å². The average molecular weight is 491 g/mol. The lowest BCUT2D eigenvalue weighted by atomic mass is 9.93. The Hall–Kier alpha value is -2.61. The van der Waals surface area contributed by atoms with E-state index in [0.29, 0.717) is 35.1 Å². The molecule has 9 heteroatoms. The summed E-state index contributed by atoms with van der Waals surface area (Å²) in [4.78, 5) is 40.7. The van der Waals surface area contributed by atoms with Gasteiger partial charge >= 0.3 is 0 Å². The Morgan fingerprint density at radius 3 is 2.48 bits per heavy atom. The fourth-order valence-corrected chi connectivity index (χ4v) is 4.07. The molecule has 4 N–H and O–H groups in total. The quantitative estimate of drug-likeness (QED) is 0.560. The first-order valence-electron chi connectivity index (χ1n) is 10.7. The van der Waals surface area contributed by atoms with E-state index in [2.05, 4.69) is 10.6 Å². The summed E-state index contributed by atoms with van der Waals surface area (Å²) in [6.45, 7) is 8.46. The van der Waals surface area contributed by atoms with Crippen molar-refractivity contribution in [3.05, 3.63) is 57.6 Å². The number of hydrogen-bond acceptors (Lipinski definition) is 4. The normalized spacial score (nSPS) is 15.8. The number of rotatable bonds is 6. The van der Waals surface area contributed by atoms with Gasteiger partial charge in [0.05, 0.1) is 22.0 Å². The van der Waals surface area contributed by atoms with Crippen molar-refractivity contribution in [2.45, 2.75) is 33.7 Å². The first kappa shape index (κ1) is 25.0. The zero-order valence-corrected chi connectivity index (χ0v) is 20.6. The SMILES string of the molecule is CC(C)C1C(=O)Nc2cc(C(=O)NCC(C)(C)CN)ccc2N1C(=O)c1ccc(Cl)cc1Cl. The van der Waals surface area contributed by atoms with E-state index in [1.807, 2.05) is 27.7 Å². The van der Waals surface area contributed by atoms with Crippen LogP contribution in [0.5, 0.6) is 0 Å². The van der Waals surface area contributed by atoms with Crippen molar-refractivity contribution < 1.29 is 14.4 Å². The van der Waals surface area contributed by atoms with E-state index in [1.165, 1.54) is 17.0 Å². The van der Waals surface area contributed by atoms with Gasteiger partial charge in [0.2, 0.25) is 5.91 Å². The van der Waals surface area contributed by atoms with Crippen molar-refractivity contribution in [2.24, 2.45) is 17.1 Å². The predicted octanol–water partition coefficient (Wildman–Crippen LogP) is 4.33. The summed E-state index contributed by atoms with van der Waals surface area (Å²) < 4.78 is 0. The Morgan fingerprint density at radius 1 is 1.18 bits per heavy atom. The molecule has 0 bridgehead atoms. The number of nitrogens with one attached hydrogen (secondary N) is 2. The van der Waals surface area contributed by atoms with E-state index < -0.39 is 11.9 Å². The lowest BCUT2D eigenvalue weighted by molar-refractivity contribution is -0.118. The zero-order valence-electron chi connectivity index (χ0n) is 19.0. The standard InChI is InChI=1S/C24H28Cl2N4O3/c1-13(2)20-22(32)29-18-9-14(21(31)28-12-24(3,4)11-27)5-8-19(18)30(20)23(33)16-7-6-15(25)10-17(16)26/h5-10,13,20H,11-12,27H2,1-4H3,(H,28,31)(H,29,32). The van der Waals surface area contributed by atoms with E-state index in [9.17, 15) is 14.4 Å². The summed E-state index contributed by atoms with van der Waals surface area (Å²) in [5.41, 5.74) is 6.95. The van der Waals surface area contributed by atoms with Crippen LogP contribution in [0.2, 0.25) is 10.0 Å². The molecule has 3 amide bonds. The second-order valence-electron chi connectivity index (χ2n) is 9.26. The number of halogens is 2. The van der Waals surface area contributed by atoms with Crippen LogP contribution in [0, 0.1) is 11.3 Å². The molecule has 176 valence electrons. The third-order valence-electron chi connectivity index (χ3n) is 5.61. The fraction of sp³-hybridized carbons (Fsp3) is 0.375. The molecule has 7 nitrogen and oxygen atoms in total. The lowest BCUT2D eigenvalue weighted by Gasteiger charge is -2.38. The number of anilines is 2. The van der Waals surface area contributed by atoms with Crippen LogP contribution in [0.3, 0.4) is 0 Å². The average Bonchev–Trinajstić information content (AvgIpc) is 2.75. The predicted molar refractivity (Wildman–Crippen MR) is 132 cm³/mol. The molecule has 1 heterocycles. The second-order valence-corrected chi connectivity index (χ2v) is 10.1. The number of hydrogen-bond donors (Lipinski definition) is 3. The summed E-state index contributed by atoms with van der Waals surface area (Å²) in [7, 11) is 0. The summed E-state index contributed by atoms with van der Waals surface area (Å²) in [6.07, 6.45) is 0. The molecule has 2 aromatic carbocycles. The summed E-state index contributed by atoms with van der Waals surface area (Å²) in [5, 5.41) is 6.31. The van der Waals surface area contributed by atoms with Crippen LogP contribution in [0.1, 0.15) is 48.4 Å². The molecule has 1 aliphatic rings. The Balaban J connectivity index is 2.00.